The van der Waals surface area contributed by atoms with E-state index in [0.29, 0.717) is 27.4 Å². The molecule has 0 amide bonds. The first-order valence-electron chi connectivity index (χ1n) is 11.5. The molecular weight excluding hydrogens is 456 g/mol. The fraction of sp³-hybridized carbons (Fsp3) is 0.133. The average molecular weight is 481 g/mol. The third kappa shape index (κ3) is 4.58. The zero-order valence-corrected chi connectivity index (χ0v) is 20.6. The Morgan fingerprint density at radius 2 is 1.57 bits per heavy atom. The van der Waals surface area contributed by atoms with E-state index in [1.807, 2.05) is 63.2 Å². The average Bonchev–Trinajstić information content (AvgIpc) is 2.88. The molecule has 174 valence electrons. The van der Waals surface area contributed by atoms with Crippen molar-refractivity contribution in [1.82, 2.24) is 4.98 Å². The molecule has 35 heavy (non-hydrogen) atoms. The predicted molar refractivity (Wildman–Crippen MR) is 144 cm³/mol. The minimum absolute atomic E-state index is 0.0151. The first kappa shape index (κ1) is 22.9. The summed E-state index contributed by atoms with van der Waals surface area (Å²) in [4.78, 5) is 17.6. The van der Waals surface area contributed by atoms with Crippen LogP contribution in [0.2, 0.25) is 5.15 Å². The fourth-order valence-electron chi connectivity index (χ4n) is 4.40. The van der Waals surface area contributed by atoms with E-state index in [9.17, 15) is 4.79 Å². The third-order valence-corrected chi connectivity index (χ3v) is 6.45. The molecule has 5 aromatic rings. The Labute approximate surface area is 209 Å². The molecule has 1 N–H and O–H groups in total. The lowest BCUT2D eigenvalue weighted by molar-refractivity contribution is 0.605. The van der Waals surface area contributed by atoms with Crippen molar-refractivity contribution in [2.24, 2.45) is 0 Å². The summed E-state index contributed by atoms with van der Waals surface area (Å²) in [7, 11) is 0. The molecule has 2 heterocycles. The molecule has 2 aromatic heterocycles. The number of aryl methyl sites for hydroxylation is 1. The van der Waals surface area contributed by atoms with E-state index >= 15 is 0 Å². The van der Waals surface area contributed by atoms with Gasteiger partial charge in [0.2, 0.25) is 0 Å². The van der Waals surface area contributed by atoms with Gasteiger partial charge in [0.15, 0.2) is 5.43 Å². The summed E-state index contributed by atoms with van der Waals surface area (Å²) in [6, 6.07) is 25.8. The second-order valence-electron chi connectivity index (χ2n) is 8.80. The van der Waals surface area contributed by atoms with E-state index in [1.54, 1.807) is 12.3 Å². The van der Waals surface area contributed by atoms with E-state index in [2.05, 4.69) is 40.6 Å². The molecule has 0 saturated heterocycles. The number of benzene rings is 3. The van der Waals surface area contributed by atoms with Crippen LogP contribution in [0.1, 0.15) is 29.7 Å². The first-order valence-corrected chi connectivity index (χ1v) is 11.9. The Balaban J connectivity index is 1.59. The summed E-state index contributed by atoms with van der Waals surface area (Å²) in [5, 5.41) is 4.47. The van der Waals surface area contributed by atoms with Crippen molar-refractivity contribution in [2.75, 3.05) is 5.32 Å². The van der Waals surface area contributed by atoms with Gasteiger partial charge in [0, 0.05) is 16.7 Å². The van der Waals surface area contributed by atoms with Gasteiger partial charge in [-0.05, 0) is 55.7 Å². The summed E-state index contributed by atoms with van der Waals surface area (Å²) >= 11 is 5.93. The lowest BCUT2D eigenvalue weighted by Gasteiger charge is -2.19. The van der Waals surface area contributed by atoms with Gasteiger partial charge >= 0.3 is 0 Å². The third-order valence-electron chi connectivity index (χ3n) is 6.22. The van der Waals surface area contributed by atoms with E-state index in [1.165, 1.54) is 0 Å². The van der Waals surface area contributed by atoms with E-state index < -0.39 is 0 Å². The minimum atomic E-state index is -0.125. The van der Waals surface area contributed by atoms with Crippen LogP contribution in [-0.2, 0) is 0 Å². The van der Waals surface area contributed by atoms with Crippen LogP contribution >= 0.6 is 11.6 Å². The molecule has 0 saturated carbocycles. The molecule has 0 unspecified atom stereocenters. The number of nitrogens with zero attached hydrogens (tertiary/aromatic N) is 1. The largest absolute Gasteiger partial charge is 0.455 e. The first-order chi connectivity index (χ1) is 16.9. The summed E-state index contributed by atoms with van der Waals surface area (Å²) < 4.78 is 6.49. The normalized spacial score (nSPS) is 12.0. The van der Waals surface area contributed by atoms with Gasteiger partial charge in [0.05, 0.1) is 23.3 Å². The molecule has 0 fully saturated rings. The Morgan fingerprint density at radius 3 is 2.26 bits per heavy atom. The summed E-state index contributed by atoms with van der Waals surface area (Å²) in [6.45, 7) is 5.86. The van der Waals surface area contributed by atoms with Crippen molar-refractivity contribution in [1.29, 1.82) is 0 Å². The number of nitrogens with one attached hydrogen (secondary N) is 1. The van der Waals surface area contributed by atoms with Gasteiger partial charge < -0.3 is 9.73 Å². The molecule has 4 nitrogen and oxygen atoms in total. The number of pyridine rings is 1. The lowest BCUT2D eigenvalue weighted by Crippen LogP contribution is -2.12. The van der Waals surface area contributed by atoms with Gasteiger partial charge in [0.1, 0.15) is 16.5 Å². The van der Waals surface area contributed by atoms with Crippen molar-refractivity contribution in [3.05, 3.63) is 117 Å². The molecule has 0 spiro atoms. The molecule has 0 radical (unpaired) electrons. The molecular formula is C30H25ClN2O2. The van der Waals surface area contributed by atoms with Gasteiger partial charge in [-0.2, -0.15) is 0 Å². The Morgan fingerprint density at radius 1 is 0.886 bits per heavy atom. The Bertz CT molecular complexity index is 1560. The molecule has 1 atom stereocenters. The second kappa shape index (κ2) is 9.40. The van der Waals surface area contributed by atoms with E-state index in [0.717, 1.165) is 33.5 Å². The molecule has 5 rings (SSSR count). The Hall–Kier alpha value is -3.89. The number of aromatic nitrogens is 1. The number of hydrogen-bond acceptors (Lipinski definition) is 4. The van der Waals surface area contributed by atoms with E-state index in [4.69, 9.17) is 16.0 Å². The highest BCUT2D eigenvalue weighted by Crippen LogP contribution is 2.33. The fourth-order valence-corrected chi connectivity index (χ4v) is 4.51. The maximum Gasteiger partial charge on any atom is 0.196 e. The number of anilines is 1. The van der Waals surface area contributed by atoms with Crippen LogP contribution in [0.15, 0.2) is 94.3 Å². The van der Waals surface area contributed by atoms with Crippen LogP contribution in [0.25, 0.3) is 33.4 Å². The molecule has 5 heteroatoms. The maximum absolute atomic E-state index is 13.4. The molecule has 0 aliphatic rings. The molecule has 0 aliphatic carbocycles. The summed E-state index contributed by atoms with van der Waals surface area (Å²) in [5.74, 6) is 0.590. The monoisotopic (exact) mass is 480 g/mol. The number of fused-ring (bicyclic) bond motifs is 1. The highest BCUT2D eigenvalue weighted by molar-refractivity contribution is 6.29. The maximum atomic E-state index is 13.4. The predicted octanol–water partition coefficient (Wildman–Crippen LogP) is 7.97. The number of rotatable bonds is 5. The van der Waals surface area contributed by atoms with Gasteiger partial charge in [-0.15, -0.1) is 0 Å². The van der Waals surface area contributed by atoms with Crippen LogP contribution < -0.4 is 10.7 Å². The van der Waals surface area contributed by atoms with Crippen molar-refractivity contribution < 1.29 is 4.42 Å². The lowest BCUT2D eigenvalue weighted by atomic mass is 9.98. The van der Waals surface area contributed by atoms with Gasteiger partial charge in [-0.3, -0.25) is 4.79 Å². The molecule has 0 aliphatic heterocycles. The number of hydrogen-bond donors (Lipinski definition) is 1. The summed E-state index contributed by atoms with van der Waals surface area (Å²) in [5.41, 5.74) is 7.05. The standard InChI is InChI=1S/C30H25ClN2O2/c1-18-15-25(20(3)33-24-13-14-27(31)32-17-24)30-26(16-18)28(34)19(2)29(35-30)23-11-9-22(10-12-23)21-7-5-4-6-8-21/h4-17,20,33H,1-3H3/t20-/m1/s1. The van der Waals surface area contributed by atoms with Crippen molar-refractivity contribution in [3.63, 3.8) is 0 Å². The zero-order valence-electron chi connectivity index (χ0n) is 19.8. The quantitative estimate of drug-likeness (QED) is 0.259. The minimum Gasteiger partial charge on any atom is -0.455 e. The second-order valence-corrected chi connectivity index (χ2v) is 9.18. The van der Waals surface area contributed by atoms with Crippen molar-refractivity contribution >= 4 is 28.3 Å². The zero-order chi connectivity index (χ0) is 24.5. The Kier molecular flexibility index (Phi) is 6.14. The number of halogens is 1. The van der Waals surface area contributed by atoms with E-state index in [-0.39, 0.29) is 11.5 Å². The van der Waals surface area contributed by atoms with Gasteiger partial charge in [-0.1, -0.05) is 72.3 Å². The highest BCUT2D eigenvalue weighted by atomic mass is 35.5. The van der Waals surface area contributed by atoms with Crippen molar-refractivity contribution in [3.8, 4) is 22.5 Å². The van der Waals surface area contributed by atoms with Gasteiger partial charge in [-0.25, -0.2) is 4.98 Å². The van der Waals surface area contributed by atoms with Crippen LogP contribution in [0.4, 0.5) is 5.69 Å². The van der Waals surface area contributed by atoms with Crippen LogP contribution in [0.5, 0.6) is 0 Å². The van der Waals surface area contributed by atoms with Crippen LogP contribution in [0, 0.1) is 13.8 Å². The molecule has 3 aromatic carbocycles. The smallest absolute Gasteiger partial charge is 0.196 e. The summed E-state index contributed by atoms with van der Waals surface area (Å²) in [6.07, 6.45) is 1.69. The van der Waals surface area contributed by atoms with Crippen LogP contribution in [-0.4, -0.2) is 4.98 Å². The van der Waals surface area contributed by atoms with Crippen LogP contribution in [0.3, 0.4) is 0 Å². The highest BCUT2D eigenvalue weighted by Gasteiger charge is 2.19. The molecule has 0 bridgehead atoms. The van der Waals surface area contributed by atoms with Gasteiger partial charge in [0.25, 0.3) is 0 Å². The topological polar surface area (TPSA) is 55.1 Å². The SMILES string of the molecule is Cc1cc([C@@H](C)Nc2ccc(Cl)nc2)c2oc(-c3ccc(-c4ccccc4)cc3)c(C)c(=O)c2c1. The van der Waals surface area contributed by atoms with Crippen molar-refractivity contribution in [2.45, 2.75) is 26.8 Å².